The lowest BCUT2D eigenvalue weighted by molar-refractivity contribution is 0.288. The van der Waals surface area contributed by atoms with E-state index in [1.54, 1.807) is 0 Å². The van der Waals surface area contributed by atoms with Gasteiger partial charge in [0.25, 0.3) is 0 Å². The quantitative estimate of drug-likeness (QED) is 0.575. The SMILES string of the molecule is C=C(C)/N=C1/CN(C)CCN1C. The minimum absolute atomic E-state index is 0.882. The molecule has 1 aliphatic heterocycles. The van der Waals surface area contributed by atoms with Crippen molar-refractivity contribution in [2.45, 2.75) is 6.92 Å². The Kier molecular flexibility index (Phi) is 2.87. The summed E-state index contributed by atoms with van der Waals surface area (Å²) >= 11 is 0. The monoisotopic (exact) mass is 167 g/mol. The van der Waals surface area contributed by atoms with E-state index in [9.17, 15) is 0 Å². The number of rotatable bonds is 1. The summed E-state index contributed by atoms with van der Waals surface area (Å²) in [4.78, 5) is 8.83. The van der Waals surface area contributed by atoms with Gasteiger partial charge in [-0.3, -0.25) is 4.90 Å². The van der Waals surface area contributed by atoms with Crippen molar-refractivity contribution >= 4 is 5.84 Å². The molecule has 0 spiro atoms. The molecule has 3 heteroatoms. The van der Waals surface area contributed by atoms with E-state index in [0.717, 1.165) is 31.2 Å². The largest absolute Gasteiger partial charge is 0.361 e. The number of aliphatic imine (C=N–C) groups is 1. The molecule has 0 aromatic rings. The van der Waals surface area contributed by atoms with Crippen molar-refractivity contribution in [3.63, 3.8) is 0 Å². The zero-order chi connectivity index (χ0) is 9.14. The molecule has 12 heavy (non-hydrogen) atoms. The van der Waals surface area contributed by atoms with Gasteiger partial charge in [-0.05, 0) is 14.0 Å². The lowest BCUT2D eigenvalue weighted by Crippen LogP contribution is -2.46. The Bertz CT molecular complexity index is 208. The first-order chi connectivity index (χ1) is 5.59. The fourth-order valence-electron chi connectivity index (χ4n) is 1.23. The fourth-order valence-corrected chi connectivity index (χ4v) is 1.23. The van der Waals surface area contributed by atoms with Gasteiger partial charge in [-0.2, -0.15) is 0 Å². The van der Waals surface area contributed by atoms with Crippen LogP contribution in [-0.4, -0.2) is 49.4 Å². The van der Waals surface area contributed by atoms with Gasteiger partial charge in [0.1, 0.15) is 5.84 Å². The van der Waals surface area contributed by atoms with Gasteiger partial charge in [0, 0.05) is 25.8 Å². The van der Waals surface area contributed by atoms with Crippen LogP contribution in [0.25, 0.3) is 0 Å². The highest BCUT2D eigenvalue weighted by atomic mass is 15.3. The van der Waals surface area contributed by atoms with Crippen LogP contribution in [0.2, 0.25) is 0 Å². The number of nitrogens with zero attached hydrogens (tertiary/aromatic N) is 3. The molecule has 0 bridgehead atoms. The third-order valence-electron chi connectivity index (χ3n) is 1.99. The van der Waals surface area contributed by atoms with Gasteiger partial charge in [0.2, 0.25) is 0 Å². The van der Waals surface area contributed by atoms with Crippen molar-refractivity contribution < 1.29 is 0 Å². The first kappa shape index (κ1) is 9.26. The second-order valence-corrected chi connectivity index (χ2v) is 3.42. The Morgan fingerprint density at radius 3 is 2.67 bits per heavy atom. The number of piperazine rings is 1. The average Bonchev–Trinajstić information content (AvgIpc) is 1.96. The predicted octanol–water partition coefficient (Wildman–Crippen LogP) is 0.796. The first-order valence-corrected chi connectivity index (χ1v) is 4.22. The summed E-state index contributed by atoms with van der Waals surface area (Å²) in [5, 5.41) is 0. The minimum Gasteiger partial charge on any atom is -0.361 e. The number of amidine groups is 1. The van der Waals surface area contributed by atoms with Crippen molar-refractivity contribution in [1.29, 1.82) is 0 Å². The second-order valence-electron chi connectivity index (χ2n) is 3.42. The van der Waals surface area contributed by atoms with Crippen LogP contribution in [0.1, 0.15) is 6.92 Å². The van der Waals surface area contributed by atoms with Crippen LogP contribution in [0.5, 0.6) is 0 Å². The van der Waals surface area contributed by atoms with E-state index in [2.05, 4.69) is 35.5 Å². The highest BCUT2D eigenvalue weighted by Crippen LogP contribution is 2.02. The topological polar surface area (TPSA) is 18.8 Å². The average molecular weight is 167 g/mol. The summed E-state index contributed by atoms with van der Waals surface area (Å²) in [6, 6.07) is 0. The Balaban J connectivity index is 2.66. The zero-order valence-corrected chi connectivity index (χ0v) is 8.17. The van der Waals surface area contributed by atoms with Gasteiger partial charge in [-0.1, -0.05) is 6.58 Å². The van der Waals surface area contributed by atoms with Crippen molar-refractivity contribution in [3.05, 3.63) is 12.3 Å². The number of likely N-dealkylation sites (N-methyl/N-ethyl adjacent to an activating group) is 2. The maximum absolute atomic E-state index is 4.37. The molecular weight excluding hydrogens is 150 g/mol. The van der Waals surface area contributed by atoms with Gasteiger partial charge >= 0.3 is 0 Å². The molecule has 1 saturated heterocycles. The van der Waals surface area contributed by atoms with Crippen LogP contribution in [0.3, 0.4) is 0 Å². The van der Waals surface area contributed by atoms with E-state index in [1.165, 1.54) is 0 Å². The Morgan fingerprint density at radius 1 is 1.42 bits per heavy atom. The summed E-state index contributed by atoms with van der Waals surface area (Å²) in [6.07, 6.45) is 0. The van der Waals surface area contributed by atoms with Crippen molar-refractivity contribution in [3.8, 4) is 0 Å². The summed E-state index contributed by atoms with van der Waals surface area (Å²) in [6.45, 7) is 8.81. The molecule has 1 heterocycles. The van der Waals surface area contributed by atoms with E-state index in [-0.39, 0.29) is 0 Å². The number of hydrogen-bond acceptors (Lipinski definition) is 2. The Morgan fingerprint density at radius 2 is 2.08 bits per heavy atom. The van der Waals surface area contributed by atoms with E-state index >= 15 is 0 Å². The molecule has 0 atom stereocenters. The summed E-state index contributed by atoms with van der Waals surface area (Å²) in [7, 11) is 4.19. The van der Waals surface area contributed by atoms with Crippen LogP contribution >= 0.6 is 0 Å². The lowest BCUT2D eigenvalue weighted by atomic mass is 10.3. The third-order valence-corrected chi connectivity index (χ3v) is 1.99. The molecule has 0 aromatic heterocycles. The molecule has 0 radical (unpaired) electrons. The standard InChI is InChI=1S/C9H17N3/c1-8(2)10-9-7-11(3)5-6-12(9)4/h1,5-7H2,2-4H3/b10-9-. The van der Waals surface area contributed by atoms with Gasteiger partial charge in [0.05, 0.1) is 6.54 Å². The molecule has 68 valence electrons. The van der Waals surface area contributed by atoms with Gasteiger partial charge in [0.15, 0.2) is 0 Å². The molecule has 0 aromatic carbocycles. The summed E-state index contributed by atoms with van der Waals surface area (Å²) in [5.41, 5.74) is 0.882. The van der Waals surface area contributed by atoms with Crippen LogP contribution in [0, 0.1) is 0 Å². The lowest BCUT2D eigenvalue weighted by Gasteiger charge is -2.32. The van der Waals surface area contributed by atoms with Crippen molar-refractivity contribution in [2.24, 2.45) is 4.99 Å². The summed E-state index contributed by atoms with van der Waals surface area (Å²) in [5.74, 6) is 1.12. The van der Waals surface area contributed by atoms with Crippen LogP contribution in [0.15, 0.2) is 17.3 Å². The minimum atomic E-state index is 0.882. The molecule has 1 rings (SSSR count). The molecule has 3 nitrogen and oxygen atoms in total. The van der Waals surface area contributed by atoms with E-state index in [4.69, 9.17) is 0 Å². The van der Waals surface area contributed by atoms with Crippen LogP contribution in [0.4, 0.5) is 0 Å². The van der Waals surface area contributed by atoms with Gasteiger partial charge in [-0.15, -0.1) is 0 Å². The van der Waals surface area contributed by atoms with Gasteiger partial charge < -0.3 is 4.90 Å². The highest BCUT2D eigenvalue weighted by Gasteiger charge is 2.15. The molecule has 1 fully saturated rings. The maximum atomic E-state index is 4.37. The molecule has 0 N–H and O–H groups in total. The number of hydrogen-bond donors (Lipinski definition) is 0. The normalized spacial score (nSPS) is 23.2. The van der Waals surface area contributed by atoms with Crippen molar-refractivity contribution in [2.75, 3.05) is 33.7 Å². The highest BCUT2D eigenvalue weighted by molar-refractivity contribution is 5.85. The maximum Gasteiger partial charge on any atom is 0.118 e. The van der Waals surface area contributed by atoms with E-state index < -0.39 is 0 Å². The predicted molar refractivity (Wildman–Crippen MR) is 52.4 cm³/mol. The zero-order valence-electron chi connectivity index (χ0n) is 8.17. The Hall–Kier alpha value is -0.830. The number of allylic oxidation sites excluding steroid dienone is 1. The molecule has 0 amide bonds. The summed E-state index contributed by atoms with van der Waals surface area (Å²) < 4.78 is 0. The molecular formula is C9H17N3. The van der Waals surface area contributed by atoms with Crippen LogP contribution < -0.4 is 0 Å². The molecule has 0 unspecified atom stereocenters. The second kappa shape index (κ2) is 3.72. The van der Waals surface area contributed by atoms with Gasteiger partial charge in [-0.25, -0.2) is 4.99 Å². The fraction of sp³-hybridized carbons (Fsp3) is 0.667. The smallest absolute Gasteiger partial charge is 0.118 e. The molecule has 0 saturated carbocycles. The van der Waals surface area contributed by atoms with E-state index in [1.807, 2.05) is 6.92 Å². The van der Waals surface area contributed by atoms with E-state index in [0.29, 0.717) is 0 Å². The van der Waals surface area contributed by atoms with Crippen LogP contribution in [-0.2, 0) is 0 Å². The third kappa shape index (κ3) is 2.34. The van der Waals surface area contributed by atoms with Crippen molar-refractivity contribution in [1.82, 2.24) is 9.80 Å². The molecule has 1 aliphatic rings. The molecule has 0 aliphatic carbocycles. The first-order valence-electron chi connectivity index (χ1n) is 4.22. The Labute approximate surface area is 74.4 Å².